The number of rotatable bonds is 5. The molecule has 94 valence electrons. The molecule has 0 heterocycles. The molecule has 0 unspecified atom stereocenters. The molecule has 5 nitrogen and oxygen atoms in total. The van der Waals surface area contributed by atoms with Crippen molar-refractivity contribution in [1.82, 2.24) is 0 Å². The Morgan fingerprint density at radius 1 is 1.22 bits per heavy atom. The van der Waals surface area contributed by atoms with Crippen molar-refractivity contribution in [3.05, 3.63) is 24.3 Å². The van der Waals surface area contributed by atoms with Crippen LogP contribution in [0, 0.1) is 11.3 Å². The van der Waals surface area contributed by atoms with Crippen LogP contribution in [-0.4, -0.2) is 11.8 Å². The number of nitriles is 1. The summed E-state index contributed by atoms with van der Waals surface area (Å²) in [5, 5.41) is 13.7. The number of amides is 2. The van der Waals surface area contributed by atoms with Gasteiger partial charge in [0.25, 0.3) is 0 Å². The second kappa shape index (κ2) is 7.07. The van der Waals surface area contributed by atoms with Crippen LogP contribution in [0.15, 0.2) is 24.3 Å². The zero-order valence-corrected chi connectivity index (χ0v) is 10.2. The second-order valence-corrected chi connectivity index (χ2v) is 3.76. The summed E-state index contributed by atoms with van der Waals surface area (Å²) in [5.41, 5.74) is 1.19. The van der Waals surface area contributed by atoms with Crippen LogP contribution < -0.4 is 10.6 Å². The predicted octanol–water partition coefficient (Wildman–Crippen LogP) is 2.28. The lowest BCUT2D eigenvalue weighted by molar-refractivity contribution is -0.116. The predicted molar refractivity (Wildman–Crippen MR) is 68.8 cm³/mol. The number of carbonyl (C=O) groups excluding carboxylic acids is 2. The quantitative estimate of drug-likeness (QED) is 0.834. The van der Waals surface area contributed by atoms with Crippen LogP contribution >= 0.6 is 0 Å². The summed E-state index contributed by atoms with van der Waals surface area (Å²) in [5.74, 6) is -0.424. The molecule has 2 amide bonds. The summed E-state index contributed by atoms with van der Waals surface area (Å²) in [4.78, 5) is 22.6. The molecule has 0 aliphatic rings. The third-order valence-corrected chi connectivity index (χ3v) is 2.15. The van der Waals surface area contributed by atoms with E-state index in [4.69, 9.17) is 5.26 Å². The van der Waals surface area contributed by atoms with Crippen LogP contribution in [0.4, 0.5) is 11.4 Å². The normalized spacial score (nSPS) is 9.33. The van der Waals surface area contributed by atoms with E-state index in [2.05, 4.69) is 10.6 Å². The maximum absolute atomic E-state index is 11.4. The number of hydrogen-bond acceptors (Lipinski definition) is 3. The molecule has 0 aromatic heterocycles. The maximum Gasteiger partial charge on any atom is 0.238 e. The molecule has 1 aromatic rings. The molecular weight excluding hydrogens is 230 g/mol. The standard InChI is InChI=1S/C13H15N3O2/c1-2-4-12(17)15-10-5-3-6-11(9-10)16-13(18)7-8-14/h3,5-6,9H,2,4,7H2,1H3,(H,15,17)(H,16,18). The fraction of sp³-hybridized carbons (Fsp3) is 0.308. The fourth-order valence-corrected chi connectivity index (χ4v) is 1.40. The Morgan fingerprint density at radius 2 is 1.83 bits per heavy atom. The van der Waals surface area contributed by atoms with E-state index in [0.29, 0.717) is 17.8 Å². The minimum Gasteiger partial charge on any atom is -0.326 e. The van der Waals surface area contributed by atoms with Crippen molar-refractivity contribution in [2.45, 2.75) is 26.2 Å². The van der Waals surface area contributed by atoms with E-state index in [1.807, 2.05) is 6.92 Å². The monoisotopic (exact) mass is 245 g/mol. The van der Waals surface area contributed by atoms with Gasteiger partial charge in [0.2, 0.25) is 11.8 Å². The van der Waals surface area contributed by atoms with Crippen molar-refractivity contribution >= 4 is 23.2 Å². The van der Waals surface area contributed by atoms with E-state index in [1.54, 1.807) is 30.3 Å². The Balaban J connectivity index is 2.65. The van der Waals surface area contributed by atoms with E-state index in [-0.39, 0.29) is 18.2 Å². The van der Waals surface area contributed by atoms with Crippen molar-refractivity contribution < 1.29 is 9.59 Å². The Bertz CT molecular complexity index is 477. The van der Waals surface area contributed by atoms with Gasteiger partial charge in [-0.2, -0.15) is 5.26 Å². The highest BCUT2D eigenvalue weighted by Gasteiger charge is 2.04. The lowest BCUT2D eigenvalue weighted by Crippen LogP contribution is -2.12. The van der Waals surface area contributed by atoms with E-state index in [0.717, 1.165) is 6.42 Å². The Hall–Kier alpha value is -2.35. The molecule has 0 spiro atoms. The first-order chi connectivity index (χ1) is 8.65. The molecule has 0 bridgehead atoms. The van der Waals surface area contributed by atoms with Gasteiger partial charge in [-0.3, -0.25) is 9.59 Å². The van der Waals surface area contributed by atoms with Gasteiger partial charge in [-0.25, -0.2) is 0 Å². The molecule has 5 heteroatoms. The lowest BCUT2D eigenvalue weighted by atomic mass is 10.2. The number of anilines is 2. The van der Waals surface area contributed by atoms with Crippen molar-refractivity contribution in [1.29, 1.82) is 5.26 Å². The first-order valence-electron chi connectivity index (χ1n) is 5.72. The molecule has 0 aliphatic carbocycles. The van der Waals surface area contributed by atoms with Crippen LogP contribution in [0.1, 0.15) is 26.2 Å². The van der Waals surface area contributed by atoms with Crippen LogP contribution in [0.3, 0.4) is 0 Å². The Morgan fingerprint density at radius 3 is 2.39 bits per heavy atom. The van der Waals surface area contributed by atoms with Gasteiger partial charge in [0.05, 0.1) is 6.07 Å². The largest absolute Gasteiger partial charge is 0.326 e. The van der Waals surface area contributed by atoms with Gasteiger partial charge >= 0.3 is 0 Å². The minimum atomic E-state index is -0.366. The molecule has 18 heavy (non-hydrogen) atoms. The van der Waals surface area contributed by atoms with E-state index in [9.17, 15) is 9.59 Å². The van der Waals surface area contributed by atoms with Crippen molar-refractivity contribution in [3.8, 4) is 6.07 Å². The zero-order chi connectivity index (χ0) is 13.4. The number of hydrogen-bond donors (Lipinski definition) is 2. The highest BCUT2D eigenvalue weighted by molar-refractivity contribution is 5.94. The SMILES string of the molecule is CCCC(=O)Nc1cccc(NC(=O)CC#N)c1. The van der Waals surface area contributed by atoms with Crippen LogP contribution in [0.2, 0.25) is 0 Å². The number of nitrogens with zero attached hydrogens (tertiary/aromatic N) is 1. The summed E-state index contributed by atoms with van der Waals surface area (Å²) in [6.07, 6.45) is 1.06. The smallest absolute Gasteiger partial charge is 0.238 e. The molecule has 2 N–H and O–H groups in total. The Labute approximate surface area is 106 Å². The van der Waals surface area contributed by atoms with Gasteiger partial charge < -0.3 is 10.6 Å². The molecule has 0 aliphatic heterocycles. The highest BCUT2D eigenvalue weighted by Crippen LogP contribution is 2.15. The van der Waals surface area contributed by atoms with Gasteiger partial charge in [-0.1, -0.05) is 13.0 Å². The maximum atomic E-state index is 11.4. The molecule has 0 radical (unpaired) electrons. The first-order valence-corrected chi connectivity index (χ1v) is 5.72. The zero-order valence-electron chi connectivity index (χ0n) is 10.2. The van der Waals surface area contributed by atoms with E-state index < -0.39 is 0 Å². The average molecular weight is 245 g/mol. The summed E-state index contributed by atoms with van der Waals surface area (Å²) < 4.78 is 0. The Kier molecular flexibility index (Phi) is 5.39. The lowest BCUT2D eigenvalue weighted by Gasteiger charge is -2.07. The summed E-state index contributed by atoms with van der Waals surface area (Å²) in [6.45, 7) is 1.93. The summed E-state index contributed by atoms with van der Waals surface area (Å²) in [7, 11) is 0. The molecule has 0 fully saturated rings. The van der Waals surface area contributed by atoms with E-state index in [1.165, 1.54) is 0 Å². The molecule has 0 saturated carbocycles. The number of benzene rings is 1. The number of nitrogens with one attached hydrogen (secondary N) is 2. The average Bonchev–Trinajstić information content (AvgIpc) is 2.29. The molecule has 0 atom stereocenters. The molecular formula is C13H15N3O2. The molecule has 0 saturated heterocycles. The van der Waals surface area contributed by atoms with Crippen molar-refractivity contribution in [2.75, 3.05) is 10.6 Å². The van der Waals surface area contributed by atoms with Crippen LogP contribution in [-0.2, 0) is 9.59 Å². The van der Waals surface area contributed by atoms with Gasteiger partial charge in [-0.15, -0.1) is 0 Å². The fourth-order valence-electron chi connectivity index (χ4n) is 1.40. The summed E-state index contributed by atoms with van der Waals surface area (Å²) in [6, 6.07) is 8.59. The van der Waals surface area contributed by atoms with Gasteiger partial charge in [0.15, 0.2) is 0 Å². The molecule has 1 aromatic carbocycles. The summed E-state index contributed by atoms with van der Waals surface area (Å²) >= 11 is 0. The first kappa shape index (κ1) is 13.7. The van der Waals surface area contributed by atoms with Crippen LogP contribution in [0.25, 0.3) is 0 Å². The second-order valence-electron chi connectivity index (χ2n) is 3.76. The third-order valence-electron chi connectivity index (χ3n) is 2.15. The minimum absolute atomic E-state index is 0.0574. The third kappa shape index (κ3) is 4.66. The molecule has 1 rings (SSSR count). The van der Waals surface area contributed by atoms with Gasteiger partial charge in [0.1, 0.15) is 6.42 Å². The number of carbonyl (C=O) groups is 2. The highest BCUT2D eigenvalue weighted by atomic mass is 16.2. The van der Waals surface area contributed by atoms with Gasteiger partial charge in [-0.05, 0) is 24.6 Å². The van der Waals surface area contributed by atoms with Crippen LogP contribution in [0.5, 0.6) is 0 Å². The van der Waals surface area contributed by atoms with E-state index >= 15 is 0 Å². The van der Waals surface area contributed by atoms with Crippen molar-refractivity contribution in [2.24, 2.45) is 0 Å². The van der Waals surface area contributed by atoms with Crippen molar-refractivity contribution in [3.63, 3.8) is 0 Å². The van der Waals surface area contributed by atoms with Gasteiger partial charge in [0, 0.05) is 17.8 Å². The topological polar surface area (TPSA) is 82.0 Å².